The molecule has 35 heavy (non-hydrogen) atoms. The first-order valence-electron chi connectivity index (χ1n) is 11.7. The van der Waals surface area contributed by atoms with E-state index in [-0.39, 0.29) is 36.2 Å². The number of aliphatic hydroxyl groups is 1. The molecule has 1 heterocycles. The number of aliphatic hydroxyl groups excluding tert-OH is 1. The van der Waals surface area contributed by atoms with Gasteiger partial charge in [-0.25, -0.2) is 4.39 Å². The van der Waals surface area contributed by atoms with E-state index < -0.39 is 40.5 Å². The predicted molar refractivity (Wildman–Crippen MR) is 130 cm³/mol. The Morgan fingerprint density at radius 1 is 1.34 bits per heavy atom. The molecule has 9 heteroatoms. The van der Waals surface area contributed by atoms with Crippen molar-refractivity contribution in [2.45, 2.75) is 61.9 Å². The van der Waals surface area contributed by atoms with Gasteiger partial charge < -0.3 is 29.6 Å². The predicted octanol–water partition coefficient (Wildman–Crippen LogP) is 3.17. The van der Waals surface area contributed by atoms with E-state index in [4.69, 9.17) is 9.47 Å². The summed E-state index contributed by atoms with van der Waals surface area (Å²) in [7, 11) is 0. The highest BCUT2D eigenvalue weighted by Crippen LogP contribution is 2.59. The minimum absolute atomic E-state index is 0.0968. The number of carboxylic acid groups (broad SMARTS) is 1. The molecular weight excluding hydrogens is 473 g/mol. The van der Waals surface area contributed by atoms with E-state index in [1.807, 2.05) is 39.0 Å². The molecule has 1 fully saturated rings. The maximum atomic E-state index is 14.2. The Labute approximate surface area is 207 Å². The van der Waals surface area contributed by atoms with Crippen LogP contribution in [0.2, 0.25) is 0 Å². The van der Waals surface area contributed by atoms with Gasteiger partial charge in [0.2, 0.25) is 0 Å². The number of carbonyl (C=O) groups is 1. The van der Waals surface area contributed by atoms with Crippen LogP contribution in [0.1, 0.15) is 49.5 Å². The van der Waals surface area contributed by atoms with E-state index in [1.165, 1.54) is 12.3 Å². The zero-order chi connectivity index (χ0) is 25.5. The summed E-state index contributed by atoms with van der Waals surface area (Å²) in [5, 5.41) is 23.1. The van der Waals surface area contributed by atoms with Crippen molar-refractivity contribution in [3.05, 3.63) is 58.9 Å². The second kappa shape index (κ2) is 10.1. The van der Waals surface area contributed by atoms with Gasteiger partial charge in [-0.1, -0.05) is 24.3 Å². The highest BCUT2D eigenvalue weighted by atomic mass is 32.2. The van der Waals surface area contributed by atoms with Crippen molar-refractivity contribution in [1.29, 1.82) is 0 Å². The number of nitrogens with one attached hydrogen (secondary N) is 1. The summed E-state index contributed by atoms with van der Waals surface area (Å²) in [5.74, 6) is -1.19. The SMILES string of the molecule is C[C@@H](OC[C@H](O)CNC(C)(C)Cc1ccc([S+](C)[O-])c(F)c1)c1cccc2c1O[C@@H]1[C@@H](C(=O)O)[C@H]21. The number of aliphatic carboxylic acids is 1. The van der Waals surface area contributed by atoms with Gasteiger partial charge in [-0.3, -0.25) is 4.79 Å². The molecule has 4 rings (SSSR count). The molecule has 2 aromatic rings. The maximum Gasteiger partial charge on any atom is 0.311 e. The van der Waals surface area contributed by atoms with Crippen molar-refractivity contribution in [2.75, 3.05) is 19.4 Å². The third-order valence-corrected chi connectivity index (χ3v) is 7.62. The first-order chi connectivity index (χ1) is 16.5. The number of β-amino-alcohol motifs (C(OH)–C–C–N with tert-alkyl or cyclic N) is 1. The second-order valence-corrected chi connectivity index (χ2v) is 11.4. The Hall–Kier alpha value is -2.17. The minimum atomic E-state index is -1.37. The molecule has 1 unspecified atom stereocenters. The molecule has 190 valence electrons. The van der Waals surface area contributed by atoms with Gasteiger partial charge in [0.25, 0.3) is 0 Å². The summed E-state index contributed by atoms with van der Waals surface area (Å²) in [5.41, 5.74) is 2.11. The van der Waals surface area contributed by atoms with Gasteiger partial charge in [-0.05, 0) is 56.1 Å². The molecule has 0 radical (unpaired) electrons. The van der Waals surface area contributed by atoms with Crippen molar-refractivity contribution in [3.63, 3.8) is 0 Å². The molecule has 0 saturated heterocycles. The highest BCUT2D eigenvalue weighted by Gasteiger charge is 2.63. The van der Waals surface area contributed by atoms with Crippen molar-refractivity contribution in [1.82, 2.24) is 5.32 Å². The molecule has 1 aliphatic heterocycles. The average molecular weight is 506 g/mol. The number of hydrogen-bond donors (Lipinski definition) is 3. The summed E-state index contributed by atoms with van der Waals surface area (Å²) in [4.78, 5) is 11.5. The van der Waals surface area contributed by atoms with Crippen LogP contribution in [0.3, 0.4) is 0 Å². The van der Waals surface area contributed by atoms with E-state index in [9.17, 15) is 24.0 Å². The first kappa shape index (κ1) is 25.9. The van der Waals surface area contributed by atoms with Crippen molar-refractivity contribution in [2.24, 2.45) is 5.92 Å². The fourth-order valence-electron chi connectivity index (χ4n) is 4.78. The summed E-state index contributed by atoms with van der Waals surface area (Å²) in [6.45, 7) is 6.20. The van der Waals surface area contributed by atoms with E-state index in [0.29, 0.717) is 12.2 Å². The van der Waals surface area contributed by atoms with Gasteiger partial charge in [0.15, 0.2) is 10.7 Å². The molecular formula is C26H32FNO6S. The number of benzene rings is 2. The summed E-state index contributed by atoms with van der Waals surface area (Å²) >= 11 is -1.37. The normalized spacial score (nSPS) is 23.1. The molecule has 2 aliphatic rings. The zero-order valence-electron chi connectivity index (χ0n) is 20.3. The van der Waals surface area contributed by atoms with Gasteiger partial charge in [-0.15, -0.1) is 0 Å². The monoisotopic (exact) mass is 505 g/mol. The van der Waals surface area contributed by atoms with Gasteiger partial charge >= 0.3 is 5.97 Å². The average Bonchev–Trinajstić information content (AvgIpc) is 3.38. The quantitative estimate of drug-likeness (QED) is 0.402. The fraction of sp³-hybridized carbons (Fsp3) is 0.500. The summed E-state index contributed by atoms with van der Waals surface area (Å²) in [6.07, 6.45) is 0.572. The molecule has 7 nitrogen and oxygen atoms in total. The number of ether oxygens (including phenoxy) is 2. The van der Waals surface area contributed by atoms with Crippen LogP contribution >= 0.6 is 0 Å². The summed E-state index contributed by atoms with van der Waals surface area (Å²) in [6, 6.07) is 10.4. The number of para-hydroxylation sites is 1. The van der Waals surface area contributed by atoms with Gasteiger partial charge in [0.1, 0.15) is 24.0 Å². The Kier molecular flexibility index (Phi) is 7.45. The standard InChI is InChI=1S/C26H32FNO6S/c1-14(17-6-5-7-18-21-22(25(30)31)24(21)34-23(17)18)33-13-16(29)12-28-26(2,3)11-15-8-9-20(35(4)32)19(27)10-15/h5-10,14,16,21-22,24,28-29H,11-13H2,1-4H3,(H,30,31)/t14-,16-,21+,22+,24+,35?/m1/s1. The lowest BCUT2D eigenvalue weighted by Crippen LogP contribution is -2.46. The molecule has 0 aromatic heterocycles. The number of halogens is 1. The Bertz CT molecular complexity index is 1090. The van der Waals surface area contributed by atoms with Crippen LogP contribution in [0.4, 0.5) is 4.39 Å². The van der Waals surface area contributed by atoms with E-state index in [2.05, 4.69) is 5.32 Å². The largest absolute Gasteiger partial charge is 0.612 e. The smallest absolute Gasteiger partial charge is 0.311 e. The van der Waals surface area contributed by atoms with E-state index >= 15 is 0 Å². The summed E-state index contributed by atoms with van der Waals surface area (Å²) < 4.78 is 37.5. The minimum Gasteiger partial charge on any atom is -0.612 e. The van der Waals surface area contributed by atoms with Crippen LogP contribution in [-0.4, -0.2) is 57.9 Å². The lowest BCUT2D eigenvalue weighted by Gasteiger charge is -2.28. The number of fused-ring (bicyclic) bond motifs is 3. The van der Waals surface area contributed by atoms with Crippen LogP contribution in [-0.2, 0) is 27.1 Å². The molecule has 0 bridgehead atoms. The van der Waals surface area contributed by atoms with Crippen LogP contribution in [0.25, 0.3) is 0 Å². The topological polar surface area (TPSA) is 111 Å². The maximum absolute atomic E-state index is 14.2. The zero-order valence-corrected chi connectivity index (χ0v) is 21.1. The number of rotatable bonds is 11. The lowest BCUT2D eigenvalue weighted by atomic mass is 9.94. The van der Waals surface area contributed by atoms with Crippen LogP contribution < -0.4 is 10.1 Å². The highest BCUT2D eigenvalue weighted by molar-refractivity contribution is 7.90. The van der Waals surface area contributed by atoms with Crippen molar-refractivity contribution in [3.8, 4) is 5.75 Å². The van der Waals surface area contributed by atoms with Crippen molar-refractivity contribution < 1.29 is 33.4 Å². The molecule has 0 spiro atoms. The number of hydrogen-bond acceptors (Lipinski definition) is 6. The Morgan fingerprint density at radius 3 is 2.74 bits per heavy atom. The molecule has 1 aliphatic carbocycles. The van der Waals surface area contributed by atoms with Crippen molar-refractivity contribution >= 4 is 17.1 Å². The molecule has 0 amide bonds. The van der Waals surface area contributed by atoms with Gasteiger partial charge in [0, 0.05) is 29.1 Å². The fourth-order valence-corrected chi connectivity index (χ4v) is 5.37. The third kappa shape index (κ3) is 5.65. The second-order valence-electron chi connectivity index (χ2n) is 10.0. The van der Waals surface area contributed by atoms with E-state index in [0.717, 1.165) is 16.7 Å². The third-order valence-electron chi connectivity index (χ3n) is 6.67. The molecule has 2 aromatic carbocycles. The molecule has 1 saturated carbocycles. The Morgan fingerprint density at radius 2 is 2.09 bits per heavy atom. The lowest BCUT2D eigenvalue weighted by molar-refractivity contribution is -0.139. The first-order valence-corrected chi connectivity index (χ1v) is 13.2. The van der Waals surface area contributed by atoms with Crippen LogP contribution in [0.5, 0.6) is 5.75 Å². The number of carboxylic acids is 1. The molecule has 6 atom stereocenters. The van der Waals surface area contributed by atoms with Gasteiger partial charge in [0.05, 0.1) is 18.8 Å². The van der Waals surface area contributed by atoms with Crippen LogP contribution in [0, 0.1) is 11.7 Å². The Balaban J connectivity index is 1.27. The van der Waals surface area contributed by atoms with Crippen LogP contribution in [0.15, 0.2) is 41.3 Å². The van der Waals surface area contributed by atoms with E-state index in [1.54, 1.807) is 12.1 Å². The molecule has 3 N–H and O–H groups in total. The van der Waals surface area contributed by atoms with Gasteiger partial charge in [-0.2, -0.15) is 0 Å².